The Morgan fingerprint density at radius 3 is 2.79 bits per heavy atom. The normalized spacial score (nSPS) is 15.6. The highest BCUT2D eigenvalue weighted by Gasteiger charge is 2.34. The minimum absolute atomic E-state index is 0.129. The van der Waals surface area contributed by atoms with E-state index in [1.807, 2.05) is 34.8 Å². The molecule has 6 nitrogen and oxygen atoms in total. The van der Waals surface area contributed by atoms with E-state index in [9.17, 15) is 14.4 Å². The number of hydrogen-bond donors (Lipinski definition) is 1. The van der Waals surface area contributed by atoms with Crippen molar-refractivity contribution in [3.8, 4) is 0 Å². The molecule has 1 N–H and O–H groups in total. The summed E-state index contributed by atoms with van der Waals surface area (Å²) in [6.45, 7) is 1.27. The summed E-state index contributed by atoms with van der Waals surface area (Å²) >= 11 is 8.61. The molecule has 1 aliphatic heterocycles. The Balaban J connectivity index is 1.48. The molecule has 1 fully saturated rings. The Bertz CT molecular complexity index is 931. The lowest BCUT2D eigenvalue weighted by atomic mass is 10.2. The average molecular weight is 450 g/mol. The Hall–Kier alpha value is -2.13. The zero-order valence-electron chi connectivity index (χ0n) is 15.8. The summed E-state index contributed by atoms with van der Waals surface area (Å²) in [5, 5.41) is 6.97. The molecule has 1 aromatic carbocycles. The Morgan fingerprint density at radius 1 is 1.28 bits per heavy atom. The fourth-order valence-electron chi connectivity index (χ4n) is 2.78. The molecule has 0 atom stereocenters. The van der Waals surface area contributed by atoms with Crippen molar-refractivity contribution in [1.82, 2.24) is 15.1 Å². The van der Waals surface area contributed by atoms with Crippen LogP contribution in [0.15, 0.2) is 46.0 Å². The number of amides is 3. The lowest BCUT2D eigenvalue weighted by Crippen LogP contribution is -2.40. The van der Waals surface area contributed by atoms with Crippen LogP contribution in [0, 0.1) is 0 Å². The number of halogens is 1. The zero-order valence-corrected chi connectivity index (χ0v) is 18.1. The smallest absolute Gasteiger partial charge is 0.293 e. The number of benzene rings is 1. The number of nitrogens with one attached hydrogen (secondary N) is 1. The molecule has 1 saturated heterocycles. The van der Waals surface area contributed by atoms with Crippen molar-refractivity contribution >= 4 is 57.8 Å². The lowest BCUT2D eigenvalue weighted by molar-refractivity contribution is -0.124. The summed E-state index contributed by atoms with van der Waals surface area (Å²) in [6.07, 6.45) is 1.62. The molecule has 0 radical (unpaired) electrons. The van der Waals surface area contributed by atoms with Gasteiger partial charge in [0.25, 0.3) is 11.1 Å². The number of hydrogen-bond acceptors (Lipinski definition) is 6. The predicted molar refractivity (Wildman–Crippen MR) is 118 cm³/mol. The van der Waals surface area contributed by atoms with Crippen LogP contribution in [-0.2, 0) is 16.1 Å². The molecule has 0 bridgehead atoms. The van der Waals surface area contributed by atoms with Crippen LogP contribution in [-0.4, -0.2) is 53.5 Å². The van der Waals surface area contributed by atoms with Crippen molar-refractivity contribution < 1.29 is 14.4 Å². The monoisotopic (exact) mass is 449 g/mol. The number of carbonyl (C=O) groups excluding carboxylic acids is 3. The zero-order chi connectivity index (χ0) is 20.8. The Kier molecular flexibility index (Phi) is 7.49. The molecular formula is C20H20ClN3O3S2. The van der Waals surface area contributed by atoms with Crippen molar-refractivity contribution in [3.63, 3.8) is 0 Å². The van der Waals surface area contributed by atoms with Gasteiger partial charge in [0, 0.05) is 24.7 Å². The second-order valence-electron chi connectivity index (χ2n) is 6.51. The van der Waals surface area contributed by atoms with E-state index in [-0.39, 0.29) is 36.7 Å². The van der Waals surface area contributed by atoms with Gasteiger partial charge in [0.15, 0.2) is 0 Å². The van der Waals surface area contributed by atoms with Gasteiger partial charge in [-0.05, 0) is 58.9 Å². The van der Waals surface area contributed by atoms with E-state index in [0.29, 0.717) is 22.0 Å². The first kappa shape index (κ1) is 21.6. The van der Waals surface area contributed by atoms with Gasteiger partial charge in [-0.2, -0.15) is 11.3 Å². The van der Waals surface area contributed by atoms with Crippen molar-refractivity contribution in [2.75, 3.05) is 26.7 Å². The average Bonchev–Trinajstić information content (AvgIpc) is 3.27. The molecule has 0 unspecified atom stereocenters. The van der Waals surface area contributed by atoms with E-state index >= 15 is 0 Å². The first-order chi connectivity index (χ1) is 13.9. The Labute approximate surface area is 182 Å². The van der Waals surface area contributed by atoms with E-state index in [0.717, 1.165) is 22.2 Å². The fraction of sp³-hybridized carbons (Fsp3) is 0.250. The van der Waals surface area contributed by atoms with Crippen LogP contribution >= 0.6 is 34.7 Å². The largest absolute Gasteiger partial charge is 0.353 e. The van der Waals surface area contributed by atoms with E-state index in [4.69, 9.17) is 11.6 Å². The summed E-state index contributed by atoms with van der Waals surface area (Å²) < 4.78 is 0. The maximum Gasteiger partial charge on any atom is 0.293 e. The van der Waals surface area contributed by atoms with Gasteiger partial charge >= 0.3 is 0 Å². The van der Waals surface area contributed by atoms with E-state index in [1.54, 1.807) is 35.6 Å². The topological polar surface area (TPSA) is 69.7 Å². The maximum atomic E-state index is 12.5. The van der Waals surface area contributed by atoms with Crippen LogP contribution < -0.4 is 5.32 Å². The van der Waals surface area contributed by atoms with Crippen molar-refractivity contribution in [3.05, 3.63) is 62.1 Å². The van der Waals surface area contributed by atoms with Gasteiger partial charge < -0.3 is 5.32 Å². The quantitative estimate of drug-likeness (QED) is 0.622. The molecule has 3 rings (SSSR count). The number of likely N-dealkylation sites (N-methyl/N-ethyl adjacent to an activating group) is 1. The summed E-state index contributed by atoms with van der Waals surface area (Å²) in [7, 11) is 1.87. The summed E-state index contributed by atoms with van der Waals surface area (Å²) in [6, 6.07) is 9.14. The number of nitrogens with zero attached hydrogens (tertiary/aromatic N) is 2. The standard InChI is InChI=1S/C20H20ClN3O3S2/c1-23(11-14-6-9-28-13-14)12-18(25)22-7-8-24-19(26)17(29-20(24)27)10-15-4-2-3-5-16(15)21/h2-6,9-10,13H,7-8,11-12H2,1H3,(H,22,25). The minimum atomic E-state index is -0.372. The molecular weight excluding hydrogens is 430 g/mol. The number of thiophene rings is 1. The molecule has 2 heterocycles. The molecule has 0 saturated carbocycles. The molecule has 1 aliphatic rings. The van der Waals surface area contributed by atoms with E-state index < -0.39 is 0 Å². The van der Waals surface area contributed by atoms with Gasteiger partial charge in [-0.3, -0.25) is 24.2 Å². The summed E-state index contributed by atoms with van der Waals surface area (Å²) in [5.41, 5.74) is 1.84. The highest BCUT2D eigenvalue weighted by atomic mass is 35.5. The van der Waals surface area contributed by atoms with Gasteiger partial charge in [0.2, 0.25) is 5.91 Å². The van der Waals surface area contributed by atoms with Crippen molar-refractivity contribution in [2.45, 2.75) is 6.54 Å². The van der Waals surface area contributed by atoms with E-state index in [2.05, 4.69) is 5.32 Å². The second-order valence-corrected chi connectivity index (χ2v) is 8.69. The van der Waals surface area contributed by atoms with Crippen LogP contribution in [0.1, 0.15) is 11.1 Å². The highest BCUT2D eigenvalue weighted by Crippen LogP contribution is 2.33. The number of carbonyl (C=O) groups is 3. The highest BCUT2D eigenvalue weighted by molar-refractivity contribution is 8.18. The number of thioether (sulfide) groups is 1. The fourth-order valence-corrected chi connectivity index (χ4v) is 4.49. The Morgan fingerprint density at radius 2 is 2.07 bits per heavy atom. The van der Waals surface area contributed by atoms with Gasteiger partial charge in [-0.15, -0.1) is 0 Å². The van der Waals surface area contributed by atoms with Crippen LogP contribution in [0.3, 0.4) is 0 Å². The van der Waals surface area contributed by atoms with Crippen LogP contribution in [0.4, 0.5) is 4.79 Å². The molecule has 0 aliphatic carbocycles. The molecule has 29 heavy (non-hydrogen) atoms. The lowest BCUT2D eigenvalue weighted by Gasteiger charge is -2.17. The minimum Gasteiger partial charge on any atom is -0.353 e. The first-order valence-corrected chi connectivity index (χ1v) is 11.0. The third-order valence-electron chi connectivity index (χ3n) is 4.17. The predicted octanol–water partition coefficient (Wildman–Crippen LogP) is 3.69. The summed E-state index contributed by atoms with van der Waals surface area (Å²) in [4.78, 5) is 40.2. The summed E-state index contributed by atoms with van der Waals surface area (Å²) in [5.74, 6) is -0.523. The van der Waals surface area contributed by atoms with Gasteiger partial charge in [-0.1, -0.05) is 29.8 Å². The van der Waals surface area contributed by atoms with Crippen molar-refractivity contribution in [2.24, 2.45) is 0 Å². The molecule has 1 aromatic heterocycles. The second kappa shape index (κ2) is 10.1. The number of imide groups is 1. The first-order valence-electron chi connectivity index (χ1n) is 8.90. The third kappa shape index (κ3) is 5.93. The SMILES string of the molecule is CN(CC(=O)NCCN1C(=O)SC(=Cc2ccccc2Cl)C1=O)Cc1ccsc1. The van der Waals surface area contributed by atoms with Crippen LogP contribution in [0.25, 0.3) is 6.08 Å². The van der Waals surface area contributed by atoms with E-state index in [1.165, 1.54) is 0 Å². The number of rotatable bonds is 8. The molecule has 152 valence electrons. The maximum absolute atomic E-state index is 12.5. The van der Waals surface area contributed by atoms with Crippen LogP contribution in [0.5, 0.6) is 0 Å². The molecule has 0 spiro atoms. The molecule has 3 amide bonds. The van der Waals surface area contributed by atoms with Crippen molar-refractivity contribution in [1.29, 1.82) is 0 Å². The van der Waals surface area contributed by atoms with Gasteiger partial charge in [-0.25, -0.2) is 0 Å². The van der Waals surface area contributed by atoms with Gasteiger partial charge in [0.1, 0.15) is 0 Å². The molecule has 2 aromatic rings. The van der Waals surface area contributed by atoms with Gasteiger partial charge in [0.05, 0.1) is 11.4 Å². The molecule has 9 heteroatoms. The van der Waals surface area contributed by atoms with Crippen LogP contribution in [0.2, 0.25) is 5.02 Å². The third-order valence-corrected chi connectivity index (χ3v) is 6.15.